The quantitative estimate of drug-likeness (QED) is 0.501. The zero-order valence-electron chi connectivity index (χ0n) is 11.5. The van der Waals surface area contributed by atoms with Crippen LogP contribution >= 0.6 is 27.5 Å². The first kappa shape index (κ1) is 14.3. The van der Waals surface area contributed by atoms with Gasteiger partial charge in [0.05, 0.1) is 0 Å². The molecule has 0 aliphatic rings. The number of hydrogen-bond acceptors (Lipinski definition) is 1. The first-order valence-electron chi connectivity index (χ1n) is 6.65. The van der Waals surface area contributed by atoms with Crippen LogP contribution in [0.1, 0.15) is 5.56 Å². The second kappa shape index (κ2) is 6.00. The van der Waals surface area contributed by atoms with Crippen molar-refractivity contribution in [3.8, 4) is 22.3 Å². The molecule has 0 unspecified atom stereocenters. The summed E-state index contributed by atoms with van der Waals surface area (Å²) in [5, 5.41) is 0.528. The van der Waals surface area contributed by atoms with E-state index in [4.69, 9.17) is 11.6 Å². The van der Waals surface area contributed by atoms with Gasteiger partial charge in [-0.25, -0.2) is 4.98 Å². The van der Waals surface area contributed by atoms with Crippen LogP contribution in [-0.4, -0.2) is 4.98 Å². The molecule has 1 heterocycles. The van der Waals surface area contributed by atoms with E-state index >= 15 is 0 Å². The van der Waals surface area contributed by atoms with Gasteiger partial charge in [0.15, 0.2) is 0 Å². The van der Waals surface area contributed by atoms with Gasteiger partial charge in [0.2, 0.25) is 0 Å². The number of aromatic nitrogens is 1. The average Bonchev–Trinajstić information content (AvgIpc) is 2.52. The first-order valence-corrected chi connectivity index (χ1v) is 7.82. The van der Waals surface area contributed by atoms with Crippen molar-refractivity contribution in [3.05, 3.63) is 76.0 Å². The fraction of sp³-hybridized carbons (Fsp3) is 0.0556. The Morgan fingerprint density at radius 3 is 1.81 bits per heavy atom. The minimum atomic E-state index is 0.528. The Kier molecular flexibility index (Phi) is 4.09. The van der Waals surface area contributed by atoms with E-state index in [9.17, 15) is 0 Å². The minimum Gasteiger partial charge on any atom is -0.228 e. The first-order chi connectivity index (χ1) is 10.2. The summed E-state index contributed by atoms with van der Waals surface area (Å²) in [6.07, 6.45) is 0. The van der Waals surface area contributed by atoms with Crippen LogP contribution in [0.3, 0.4) is 0 Å². The Morgan fingerprint density at radius 1 is 0.810 bits per heavy atom. The highest BCUT2D eigenvalue weighted by atomic mass is 79.9. The molecule has 2 aromatic carbocycles. The van der Waals surface area contributed by atoms with Gasteiger partial charge < -0.3 is 0 Å². The molecule has 1 nitrogen and oxygen atoms in total. The van der Waals surface area contributed by atoms with E-state index in [1.165, 1.54) is 0 Å². The summed E-state index contributed by atoms with van der Waals surface area (Å²) in [6, 6.07) is 20.5. The van der Waals surface area contributed by atoms with Crippen molar-refractivity contribution in [1.82, 2.24) is 4.98 Å². The SMILES string of the molecule is Cc1c(Cl)nc(Br)c(-c2ccccc2)c1-c1ccccc1. The highest BCUT2D eigenvalue weighted by molar-refractivity contribution is 9.10. The van der Waals surface area contributed by atoms with Gasteiger partial charge in [-0.15, -0.1) is 0 Å². The van der Waals surface area contributed by atoms with Crippen LogP contribution in [0.4, 0.5) is 0 Å². The van der Waals surface area contributed by atoms with Gasteiger partial charge in [0.25, 0.3) is 0 Å². The Balaban J connectivity index is 2.37. The van der Waals surface area contributed by atoms with Gasteiger partial charge >= 0.3 is 0 Å². The number of rotatable bonds is 2. The number of halogens is 2. The fourth-order valence-corrected chi connectivity index (χ4v) is 3.34. The molecule has 0 fully saturated rings. The van der Waals surface area contributed by atoms with E-state index in [1.807, 2.05) is 43.3 Å². The molecule has 21 heavy (non-hydrogen) atoms. The number of benzene rings is 2. The average molecular weight is 359 g/mol. The van der Waals surface area contributed by atoms with Crippen molar-refractivity contribution < 1.29 is 0 Å². The van der Waals surface area contributed by atoms with Crippen molar-refractivity contribution in [1.29, 1.82) is 0 Å². The van der Waals surface area contributed by atoms with Crippen LogP contribution in [-0.2, 0) is 0 Å². The van der Waals surface area contributed by atoms with Crippen molar-refractivity contribution >= 4 is 27.5 Å². The maximum absolute atomic E-state index is 6.29. The zero-order chi connectivity index (χ0) is 14.8. The third-order valence-corrected chi connectivity index (χ3v) is 4.40. The van der Waals surface area contributed by atoms with Crippen molar-refractivity contribution in [2.24, 2.45) is 0 Å². The molecule has 0 saturated carbocycles. The Hall–Kier alpha value is -1.64. The van der Waals surface area contributed by atoms with Crippen LogP contribution in [0.25, 0.3) is 22.3 Å². The number of nitrogens with zero attached hydrogens (tertiary/aromatic N) is 1. The molecule has 0 saturated heterocycles. The molecule has 0 aliphatic carbocycles. The molecule has 0 aliphatic heterocycles. The van der Waals surface area contributed by atoms with E-state index in [0.717, 1.165) is 32.4 Å². The molecule has 3 heteroatoms. The molecule has 0 bridgehead atoms. The largest absolute Gasteiger partial charge is 0.228 e. The normalized spacial score (nSPS) is 10.6. The molecule has 0 atom stereocenters. The van der Waals surface area contributed by atoms with Crippen LogP contribution in [0.5, 0.6) is 0 Å². The highest BCUT2D eigenvalue weighted by Crippen LogP contribution is 2.40. The van der Waals surface area contributed by atoms with Gasteiger partial charge in [0, 0.05) is 5.56 Å². The van der Waals surface area contributed by atoms with Crippen molar-refractivity contribution in [2.75, 3.05) is 0 Å². The molecular weight excluding hydrogens is 346 g/mol. The molecule has 104 valence electrons. The second-order valence-corrected chi connectivity index (χ2v) is 5.91. The predicted molar refractivity (Wildman–Crippen MR) is 92.6 cm³/mol. The van der Waals surface area contributed by atoms with Crippen LogP contribution in [0, 0.1) is 6.92 Å². The van der Waals surface area contributed by atoms with E-state index in [1.54, 1.807) is 0 Å². The van der Waals surface area contributed by atoms with Gasteiger partial charge in [-0.3, -0.25) is 0 Å². The highest BCUT2D eigenvalue weighted by Gasteiger charge is 2.17. The summed E-state index contributed by atoms with van der Waals surface area (Å²) in [7, 11) is 0. The molecule has 3 aromatic rings. The lowest BCUT2D eigenvalue weighted by Crippen LogP contribution is -1.95. The summed E-state index contributed by atoms with van der Waals surface area (Å²) in [6.45, 7) is 2.01. The van der Waals surface area contributed by atoms with Crippen LogP contribution in [0.15, 0.2) is 65.3 Å². The summed E-state index contributed by atoms with van der Waals surface area (Å²) in [5.41, 5.74) is 5.44. The molecule has 3 rings (SSSR count). The number of hydrogen-bond donors (Lipinski definition) is 0. The lowest BCUT2D eigenvalue weighted by molar-refractivity contribution is 1.23. The molecule has 0 amide bonds. The summed E-state index contributed by atoms with van der Waals surface area (Å²) >= 11 is 9.86. The minimum absolute atomic E-state index is 0.528. The smallest absolute Gasteiger partial charge is 0.133 e. The lowest BCUT2D eigenvalue weighted by Gasteiger charge is -2.16. The summed E-state index contributed by atoms with van der Waals surface area (Å²) < 4.78 is 0.767. The topological polar surface area (TPSA) is 12.9 Å². The summed E-state index contributed by atoms with van der Waals surface area (Å²) in [5.74, 6) is 0. The van der Waals surface area contributed by atoms with E-state index in [-0.39, 0.29) is 0 Å². The monoisotopic (exact) mass is 357 g/mol. The summed E-state index contributed by atoms with van der Waals surface area (Å²) in [4.78, 5) is 4.42. The van der Waals surface area contributed by atoms with E-state index in [2.05, 4.69) is 45.2 Å². The van der Waals surface area contributed by atoms with Gasteiger partial charge in [-0.2, -0.15) is 0 Å². The van der Waals surface area contributed by atoms with Crippen LogP contribution < -0.4 is 0 Å². The van der Waals surface area contributed by atoms with E-state index < -0.39 is 0 Å². The Morgan fingerprint density at radius 2 is 1.29 bits per heavy atom. The molecule has 1 aromatic heterocycles. The molecule has 0 N–H and O–H groups in total. The molecular formula is C18H13BrClN. The maximum Gasteiger partial charge on any atom is 0.133 e. The lowest BCUT2D eigenvalue weighted by atomic mass is 9.93. The van der Waals surface area contributed by atoms with E-state index in [0.29, 0.717) is 5.15 Å². The fourth-order valence-electron chi connectivity index (χ4n) is 2.45. The Labute approximate surface area is 137 Å². The maximum atomic E-state index is 6.29. The third kappa shape index (κ3) is 2.74. The van der Waals surface area contributed by atoms with Crippen LogP contribution in [0.2, 0.25) is 5.15 Å². The molecule has 0 spiro atoms. The van der Waals surface area contributed by atoms with Crippen molar-refractivity contribution in [2.45, 2.75) is 6.92 Å². The van der Waals surface area contributed by atoms with Gasteiger partial charge in [-0.05, 0) is 45.1 Å². The third-order valence-electron chi connectivity index (χ3n) is 3.46. The number of pyridine rings is 1. The standard InChI is InChI=1S/C18H13BrClN/c1-12-15(13-8-4-2-5-9-13)16(17(19)21-18(12)20)14-10-6-3-7-11-14/h2-11H,1H3. The van der Waals surface area contributed by atoms with Gasteiger partial charge in [0.1, 0.15) is 9.76 Å². The predicted octanol–water partition coefficient (Wildman–Crippen LogP) is 6.14. The second-order valence-electron chi connectivity index (χ2n) is 4.80. The molecule has 0 radical (unpaired) electrons. The Bertz CT molecular complexity index is 770. The van der Waals surface area contributed by atoms with Crippen molar-refractivity contribution in [3.63, 3.8) is 0 Å². The zero-order valence-corrected chi connectivity index (χ0v) is 13.8. The van der Waals surface area contributed by atoms with Gasteiger partial charge in [-0.1, -0.05) is 72.3 Å².